The largest absolute Gasteiger partial charge is 0.382 e. The third-order valence-electron chi connectivity index (χ3n) is 5.07. The summed E-state index contributed by atoms with van der Waals surface area (Å²) in [7, 11) is 3.50. The number of carbonyl (C=O) groups excluding carboxylic acids is 1. The van der Waals surface area contributed by atoms with E-state index in [4.69, 9.17) is 4.74 Å². The first-order valence-corrected chi connectivity index (χ1v) is 10.7. The van der Waals surface area contributed by atoms with E-state index in [1.165, 1.54) is 18.4 Å². The molecule has 1 aliphatic heterocycles. The fourth-order valence-corrected chi connectivity index (χ4v) is 3.35. The van der Waals surface area contributed by atoms with Gasteiger partial charge in [0.1, 0.15) is 6.54 Å². The van der Waals surface area contributed by atoms with E-state index in [1.807, 2.05) is 6.92 Å². The molecule has 0 aliphatic carbocycles. The highest BCUT2D eigenvalue weighted by Gasteiger charge is 2.24. The Morgan fingerprint density at radius 2 is 2.07 bits per heavy atom. The van der Waals surface area contributed by atoms with Gasteiger partial charge in [-0.1, -0.05) is 30.3 Å². The first-order valence-electron chi connectivity index (χ1n) is 10.7. The predicted molar refractivity (Wildman–Crippen MR) is 118 cm³/mol. The van der Waals surface area contributed by atoms with E-state index in [2.05, 4.69) is 50.9 Å². The second-order valence-electron chi connectivity index (χ2n) is 7.56. The zero-order valence-electron chi connectivity index (χ0n) is 18.2. The topological polar surface area (TPSA) is 69.2 Å². The van der Waals surface area contributed by atoms with E-state index in [0.717, 1.165) is 45.8 Å². The number of aliphatic imine (C=N–C) groups is 1. The number of rotatable bonds is 11. The van der Waals surface area contributed by atoms with Crippen LogP contribution in [0.15, 0.2) is 35.3 Å². The molecule has 0 bridgehead atoms. The Balaban J connectivity index is 1.87. The fourth-order valence-electron chi connectivity index (χ4n) is 3.35. The summed E-state index contributed by atoms with van der Waals surface area (Å²) in [4.78, 5) is 20.5. The van der Waals surface area contributed by atoms with E-state index in [-0.39, 0.29) is 12.5 Å². The van der Waals surface area contributed by atoms with Gasteiger partial charge in [-0.25, -0.2) is 4.99 Å². The van der Waals surface area contributed by atoms with Gasteiger partial charge in [-0.3, -0.25) is 9.69 Å². The van der Waals surface area contributed by atoms with Crippen molar-refractivity contribution in [3.05, 3.63) is 35.9 Å². The Hall–Kier alpha value is -2.12. The molecule has 1 atom stereocenters. The standard InChI is InChI=1S/C22H37N5O2/c1-4-29-15-9-13-23-22(25-17-21(28)26(2)3)24-16-20-12-8-14-27(20)18-19-10-6-5-7-11-19/h5-7,10-11,20H,4,8-9,12-18H2,1-3H3,(H2,23,24,25). The number of hydrogen-bond donors (Lipinski definition) is 2. The fraction of sp³-hybridized carbons (Fsp3) is 0.636. The van der Waals surface area contributed by atoms with Gasteiger partial charge in [0.25, 0.3) is 0 Å². The van der Waals surface area contributed by atoms with E-state index in [9.17, 15) is 4.79 Å². The third-order valence-corrected chi connectivity index (χ3v) is 5.07. The number of guanidine groups is 1. The lowest BCUT2D eigenvalue weighted by atomic mass is 10.2. The summed E-state index contributed by atoms with van der Waals surface area (Å²) in [6.07, 6.45) is 3.29. The maximum atomic E-state index is 11.9. The molecule has 1 aromatic carbocycles. The van der Waals surface area contributed by atoms with E-state index >= 15 is 0 Å². The Morgan fingerprint density at radius 1 is 1.28 bits per heavy atom. The maximum absolute atomic E-state index is 11.9. The van der Waals surface area contributed by atoms with Crippen molar-refractivity contribution in [2.45, 2.75) is 38.8 Å². The van der Waals surface area contributed by atoms with Crippen LogP contribution in [0.5, 0.6) is 0 Å². The Kier molecular flexibility index (Phi) is 10.5. The average molecular weight is 404 g/mol. The highest BCUT2D eigenvalue weighted by atomic mass is 16.5. The van der Waals surface area contributed by atoms with Gasteiger partial charge >= 0.3 is 0 Å². The van der Waals surface area contributed by atoms with Crippen molar-refractivity contribution < 1.29 is 9.53 Å². The van der Waals surface area contributed by atoms with E-state index < -0.39 is 0 Å². The predicted octanol–water partition coefficient (Wildman–Crippen LogP) is 1.70. The first-order chi connectivity index (χ1) is 14.1. The minimum absolute atomic E-state index is 0.00742. The second kappa shape index (κ2) is 13.2. The van der Waals surface area contributed by atoms with Crippen molar-refractivity contribution in [1.82, 2.24) is 20.4 Å². The summed E-state index contributed by atoms with van der Waals surface area (Å²) in [5.74, 6) is 0.690. The minimum atomic E-state index is -0.00742. The van der Waals surface area contributed by atoms with Gasteiger partial charge in [-0.2, -0.15) is 0 Å². The average Bonchev–Trinajstić information content (AvgIpc) is 3.16. The molecule has 1 unspecified atom stereocenters. The van der Waals surface area contributed by atoms with Crippen LogP contribution in [0.1, 0.15) is 31.7 Å². The van der Waals surface area contributed by atoms with Gasteiger partial charge < -0.3 is 20.3 Å². The summed E-state index contributed by atoms with van der Waals surface area (Å²) < 4.78 is 5.39. The first kappa shape index (κ1) is 23.2. The molecular weight excluding hydrogens is 366 g/mol. The molecule has 1 fully saturated rings. The number of nitrogens with zero attached hydrogens (tertiary/aromatic N) is 3. The molecule has 1 heterocycles. The van der Waals surface area contributed by atoms with E-state index in [0.29, 0.717) is 12.0 Å². The minimum Gasteiger partial charge on any atom is -0.382 e. The van der Waals surface area contributed by atoms with Gasteiger partial charge in [0, 0.05) is 53.0 Å². The Morgan fingerprint density at radius 3 is 2.79 bits per heavy atom. The Labute approximate surface area is 175 Å². The van der Waals surface area contributed by atoms with Crippen molar-refractivity contribution in [1.29, 1.82) is 0 Å². The maximum Gasteiger partial charge on any atom is 0.243 e. The van der Waals surface area contributed by atoms with Gasteiger partial charge in [-0.15, -0.1) is 0 Å². The number of likely N-dealkylation sites (tertiary alicyclic amines) is 1. The number of amides is 1. The third kappa shape index (κ3) is 8.83. The molecule has 1 amide bonds. The smallest absolute Gasteiger partial charge is 0.243 e. The summed E-state index contributed by atoms with van der Waals surface area (Å²) in [6, 6.07) is 11.1. The van der Waals surface area contributed by atoms with Crippen LogP contribution in [-0.2, 0) is 16.1 Å². The summed E-state index contributed by atoms with van der Waals surface area (Å²) in [5, 5.41) is 6.78. The lowest BCUT2D eigenvalue weighted by Gasteiger charge is -2.25. The van der Waals surface area contributed by atoms with Crippen LogP contribution in [0.4, 0.5) is 0 Å². The van der Waals surface area contributed by atoms with Crippen molar-refractivity contribution in [2.75, 3.05) is 53.5 Å². The molecular formula is C22H37N5O2. The molecule has 0 saturated carbocycles. The monoisotopic (exact) mass is 403 g/mol. The van der Waals surface area contributed by atoms with Gasteiger partial charge in [0.15, 0.2) is 5.96 Å². The number of benzene rings is 1. The lowest BCUT2D eigenvalue weighted by molar-refractivity contribution is -0.127. The molecule has 7 nitrogen and oxygen atoms in total. The van der Waals surface area contributed by atoms with Crippen LogP contribution < -0.4 is 10.6 Å². The second-order valence-corrected chi connectivity index (χ2v) is 7.56. The van der Waals surface area contributed by atoms with Gasteiger partial charge in [-0.05, 0) is 38.3 Å². The van der Waals surface area contributed by atoms with Crippen LogP contribution in [0.2, 0.25) is 0 Å². The van der Waals surface area contributed by atoms with Crippen molar-refractivity contribution in [3.8, 4) is 0 Å². The zero-order valence-corrected chi connectivity index (χ0v) is 18.2. The zero-order chi connectivity index (χ0) is 20.9. The quantitative estimate of drug-likeness (QED) is 0.334. The number of carbonyl (C=O) groups is 1. The van der Waals surface area contributed by atoms with Crippen molar-refractivity contribution >= 4 is 11.9 Å². The summed E-state index contributed by atoms with van der Waals surface area (Å²) in [5.41, 5.74) is 1.35. The normalized spacial score (nSPS) is 17.3. The highest BCUT2D eigenvalue weighted by molar-refractivity contribution is 5.84. The van der Waals surface area contributed by atoms with Crippen LogP contribution in [0.25, 0.3) is 0 Å². The van der Waals surface area contributed by atoms with E-state index in [1.54, 1.807) is 19.0 Å². The summed E-state index contributed by atoms with van der Waals surface area (Å²) >= 11 is 0. The number of hydrogen-bond acceptors (Lipinski definition) is 4. The number of ether oxygens (including phenoxy) is 1. The molecule has 1 aliphatic rings. The number of likely N-dealkylation sites (N-methyl/N-ethyl adjacent to an activating group) is 1. The van der Waals surface area contributed by atoms with Crippen molar-refractivity contribution in [3.63, 3.8) is 0 Å². The lowest BCUT2D eigenvalue weighted by Crippen LogP contribution is -2.45. The molecule has 0 spiro atoms. The highest BCUT2D eigenvalue weighted by Crippen LogP contribution is 2.19. The molecule has 7 heteroatoms. The molecule has 2 rings (SSSR count). The number of nitrogens with one attached hydrogen (secondary N) is 2. The van der Waals surface area contributed by atoms with Gasteiger partial charge in [0.2, 0.25) is 5.91 Å². The SMILES string of the molecule is CCOCCCNC(=NCC(=O)N(C)C)NCC1CCCN1Cc1ccccc1. The van der Waals surface area contributed by atoms with Crippen LogP contribution in [-0.4, -0.2) is 81.2 Å². The molecule has 0 aromatic heterocycles. The molecule has 1 saturated heterocycles. The Bertz CT molecular complexity index is 621. The van der Waals surface area contributed by atoms with Crippen LogP contribution in [0.3, 0.4) is 0 Å². The van der Waals surface area contributed by atoms with Crippen LogP contribution >= 0.6 is 0 Å². The van der Waals surface area contributed by atoms with Crippen LogP contribution in [0, 0.1) is 0 Å². The van der Waals surface area contributed by atoms with Gasteiger partial charge in [0.05, 0.1) is 0 Å². The van der Waals surface area contributed by atoms with Crippen molar-refractivity contribution in [2.24, 2.45) is 4.99 Å². The molecule has 162 valence electrons. The molecule has 1 aromatic rings. The molecule has 2 N–H and O–H groups in total. The molecule has 0 radical (unpaired) electrons. The summed E-state index contributed by atoms with van der Waals surface area (Å²) in [6.45, 7) is 7.27. The molecule has 29 heavy (non-hydrogen) atoms.